The first kappa shape index (κ1) is 13.1. The van der Waals surface area contributed by atoms with Crippen LogP contribution in [-0.4, -0.2) is 18.5 Å². The van der Waals surface area contributed by atoms with Gasteiger partial charge in [-0.2, -0.15) is 5.26 Å². The minimum atomic E-state index is -0.0519. The maximum Gasteiger partial charge on any atom is 0.225 e. The highest BCUT2D eigenvalue weighted by Crippen LogP contribution is 2.21. The van der Waals surface area contributed by atoms with Crippen LogP contribution in [0.25, 0.3) is 0 Å². The molecule has 4 nitrogen and oxygen atoms in total. The number of hydrogen-bond acceptors (Lipinski definition) is 3. The van der Waals surface area contributed by atoms with Crippen LogP contribution in [0.4, 0.5) is 5.69 Å². The summed E-state index contributed by atoms with van der Waals surface area (Å²) in [5, 5.41) is 15.1. The largest absolute Gasteiger partial charge is 0.325 e. The fourth-order valence-corrected chi connectivity index (χ4v) is 2.43. The average Bonchev–Trinajstić information content (AvgIpc) is 2.82. The molecule has 94 valence electrons. The zero-order valence-corrected chi connectivity index (χ0v) is 11.5. The van der Waals surface area contributed by atoms with E-state index in [1.807, 2.05) is 0 Å². The topological polar surface area (TPSA) is 64.9 Å². The van der Waals surface area contributed by atoms with Crippen LogP contribution in [0.15, 0.2) is 22.7 Å². The second kappa shape index (κ2) is 5.98. The number of benzene rings is 1. The monoisotopic (exact) mass is 307 g/mol. The Bertz CT molecular complexity index is 489. The summed E-state index contributed by atoms with van der Waals surface area (Å²) in [5.41, 5.74) is 1.04. The molecule has 0 aromatic heterocycles. The van der Waals surface area contributed by atoms with Gasteiger partial charge in [-0.15, -0.1) is 0 Å². The minimum Gasteiger partial charge on any atom is -0.325 e. The van der Waals surface area contributed by atoms with E-state index in [1.165, 1.54) is 0 Å². The number of hydrogen-bond donors (Lipinski definition) is 2. The van der Waals surface area contributed by atoms with Crippen LogP contribution in [0.5, 0.6) is 0 Å². The molecule has 2 rings (SSSR count). The number of anilines is 1. The predicted octanol–water partition coefficient (Wildman–Crippen LogP) is 2.40. The molecule has 0 radical (unpaired) electrons. The molecule has 1 saturated heterocycles. The van der Waals surface area contributed by atoms with E-state index in [-0.39, 0.29) is 11.9 Å². The number of nitriles is 1. The number of nitrogens with zero attached hydrogens (tertiary/aromatic N) is 1. The van der Waals surface area contributed by atoms with Crippen molar-refractivity contribution < 1.29 is 4.79 Å². The first-order valence-corrected chi connectivity index (χ1v) is 6.71. The number of halogens is 1. The summed E-state index contributed by atoms with van der Waals surface area (Å²) in [7, 11) is 0. The maximum atomic E-state index is 11.9. The van der Waals surface area contributed by atoms with Crippen molar-refractivity contribution in [3.63, 3.8) is 0 Å². The van der Waals surface area contributed by atoms with E-state index >= 15 is 0 Å². The quantitative estimate of drug-likeness (QED) is 0.901. The number of carbonyl (C=O) groups is 1. The van der Waals surface area contributed by atoms with E-state index in [4.69, 9.17) is 5.26 Å². The summed E-state index contributed by atoms with van der Waals surface area (Å²) >= 11 is 3.33. The van der Waals surface area contributed by atoms with Crippen LogP contribution >= 0.6 is 15.9 Å². The fraction of sp³-hybridized carbons (Fsp3) is 0.385. The number of amides is 1. The van der Waals surface area contributed by atoms with Gasteiger partial charge in [-0.3, -0.25) is 4.79 Å². The Balaban J connectivity index is 2.02. The molecule has 0 bridgehead atoms. The molecule has 1 unspecified atom stereocenters. The molecule has 1 aromatic rings. The Morgan fingerprint density at radius 2 is 2.44 bits per heavy atom. The van der Waals surface area contributed by atoms with Crippen molar-refractivity contribution in [2.24, 2.45) is 0 Å². The van der Waals surface area contributed by atoms with Gasteiger partial charge in [0.05, 0.1) is 11.3 Å². The van der Waals surface area contributed by atoms with Gasteiger partial charge in [-0.1, -0.05) is 15.9 Å². The number of nitrogens with one attached hydrogen (secondary N) is 2. The van der Waals surface area contributed by atoms with Crippen LogP contribution in [0.1, 0.15) is 24.8 Å². The highest BCUT2D eigenvalue weighted by molar-refractivity contribution is 9.10. The van der Waals surface area contributed by atoms with Crippen LogP contribution in [0, 0.1) is 11.3 Å². The molecule has 0 aliphatic carbocycles. The lowest BCUT2D eigenvalue weighted by Crippen LogP contribution is -2.27. The third-order valence-electron chi connectivity index (χ3n) is 2.97. The third kappa shape index (κ3) is 3.31. The smallest absolute Gasteiger partial charge is 0.225 e. The first-order chi connectivity index (χ1) is 8.69. The van der Waals surface area contributed by atoms with Gasteiger partial charge in [0.1, 0.15) is 6.07 Å². The predicted molar refractivity (Wildman–Crippen MR) is 73.1 cm³/mol. The van der Waals surface area contributed by atoms with E-state index in [0.29, 0.717) is 17.7 Å². The Morgan fingerprint density at radius 1 is 1.61 bits per heavy atom. The number of rotatable bonds is 3. The zero-order chi connectivity index (χ0) is 13.0. The zero-order valence-electron chi connectivity index (χ0n) is 9.87. The summed E-state index contributed by atoms with van der Waals surface area (Å²) in [6.45, 7) is 0.984. The average molecular weight is 308 g/mol. The molecule has 1 heterocycles. The molecule has 1 aromatic carbocycles. The molecule has 1 aliphatic heterocycles. The van der Waals surface area contributed by atoms with E-state index in [1.54, 1.807) is 18.2 Å². The van der Waals surface area contributed by atoms with Crippen molar-refractivity contribution in [3.8, 4) is 6.07 Å². The summed E-state index contributed by atoms with van der Waals surface area (Å²) < 4.78 is 0.843. The third-order valence-corrected chi connectivity index (χ3v) is 3.46. The lowest BCUT2D eigenvalue weighted by atomic mass is 10.1. The van der Waals surface area contributed by atoms with Gasteiger partial charge in [-0.05, 0) is 37.6 Å². The Labute approximate surface area is 115 Å². The van der Waals surface area contributed by atoms with Gasteiger partial charge in [0.15, 0.2) is 0 Å². The standard InChI is InChI=1S/C13H14BrN3O/c14-10-4-3-9(8-15)12(6-10)17-13(18)7-11-2-1-5-16-11/h3-4,6,11,16H,1-2,5,7H2,(H,17,18). The van der Waals surface area contributed by atoms with Crippen molar-refractivity contribution in [1.82, 2.24) is 5.32 Å². The van der Waals surface area contributed by atoms with Crippen molar-refractivity contribution in [3.05, 3.63) is 28.2 Å². The van der Waals surface area contributed by atoms with Gasteiger partial charge in [0, 0.05) is 16.9 Å². The Kier molecular flexibility index (Phi) is 4.34. The Morgan fingerprint density at radius 3 is 3.11 bits per heavy atom. The lowest BCUT2D eigenvalue weighted by molar-refractivity contribution is -0.116. The molecule has 1 amide bonds. The molecular weight excluding hydrogens is 294 g/mol. The van der Waals surface area contributed by atoms with Crippen LogP contribution < -0.4 is 10.6 Å². The highest BCUT2D eigenvalue weighted by atomic mass is 79.9. The molecule has 0 saturated carbocycles. The second-order valence-electron chi connectivity index (χ2n) is 4.35. The molecule has 2 N–H and O–H groups in total. The molecule has 1 aliphatic rings. The Hall–Kier alpha value is -1.38. The van der Waals surface area contributed by atoms with Crippen molar-refractivity contribution >= 4 is 27.5 Å². The first-order valence-electron chi connectivity index (χ1n) is 5.92. The number of carbonyl (C=O) groups excluding carboxylic acids is 1. The fourth-order valence-electron chi connectivity index (χ4n) is 2.07. The van der Waals surface area contributed by atoms with E-state index < -0.39 is 0 Å². The van der Waals surface area contributed by atoms with E-state index in [9.17, 15) is 4.79 Å². The normalized spacial score (nSPS) is 18.3. The molecule has 18 heavy (non-hydrogen) atoms. The summed E-state index contributed by atoms with van der Waals surface area (Å²) in [5.74, 6) is -0.0519. The minimum absolute atomic E-state index is 0.0519. The van der Waals surface area contributed by atoms with Crippen LogP contribution in [0.3, 0.4) is 0 Å². The highest BCUT2D eigenvalue weighted by Gasteiger charge is 2.18. The van der Waals surface area contributed by atoms with Crippen molar-refractivity contribution in [2.75, 3.05) is 11.9 Å². The van der Waals surface area contributed by atoms with Crippen LogP contribution in [-0.2, 0) is 4.79 Å². The van der Waals surface area contributed by atoms with Gasteiger partial charge < -0.3 is 10.6 Å². The van der Waals surface area contributed by atoms with E-state index in [0.717, 1.165) is 23.9 Å². The SMILES string of the molecule is N#Cc1ccc(Br)cc1NC(=O)CC1CCCN1. The summed E-state index contributed by atoms with van der Waals surface area (Å²) in [4.78, 5) is 11.9. The molecule has 1 atom stereocenters. The summed E-state index contributed by atoms with van der Waals surface area (Å²) in [6.07, 6.45) is 2.62. The van der Waals surface area contributed by atoms with E-state index in [2.05, 4.69) is 32.6 Å². The van der Waals surface area contributed by atoms with Crippen molar-refractivity contribution in [1.29, 1.82) is 5.26 Å². The molecule has 5 heteroatoms. The lowest BCUT2D eigenvalue weighted by Gasteiger charge is -2.11. The molecule has 1 fully saturated rings. The second-order valence-corrected chi connectivity index (χ2v) is 5.26. The van der Waals surface area contributed by atoms with Crippen molar-refractivity contribution in [2.45, 2.75) is 25.3 Å². The maximum absolute atomic E-state index is 11.9. The van der Waals surface area contributed by atoms with Crippen LogP contribution in [0.2, 0.25) is 0 Å². The van der Waals surface area contributed by atoms with Gasteiger partial charge >= 0.3 is 0 Å². The van der Waals surface area contributed by atoms with Gasteiger partial charge in [0.2, 0.25) is 5.91 Å². The van der Waals surface area contributed by atoms with Gasteiger partial charge in [0.25, 0.3) is 0 Å². The molecular formula is C13H14BrN3O. The van der Waals surface area contributed by atoms with Gasteiger partial charge in [-0.25, -0.2) is 0 Å². The summed E-state index contributed by atoms with van der Waals surface area (Å²) in [6, 6.07) is 7.56. The molecule has 0 spiro atoms.